The zero-order valence-electron chi connectivity index (χ0n) is 11.3. The largest absolute Gasteiger partial charge is 0.338 e. The first-order chi connectivity index (χ1) is 8.14. The molecule has 0 bridgehead atoms. The van der Waals surface area contributed by atoms with Crippen molar-refractivity contribution in [3.05, 3.63) is 27.5 Å². The van der Waals surface area contributed by atoms with Crippen molar-refractivity contribution in [3.8, 4) is 0 Å². The van der Waals surface area contributed by atoms with Gasteiger partial charge >= 0.3 is 0 Å². The molecule has 0 aromatic carbocycles. The van der Waals surface area contributed by atoms with Gasteiger partial charge in [-0.25, -0.2) is 4.98 Å². The Labute approximate surface area is 122 Å². The number of rotatable bonds is 2. The van der Waals surface area contributed by atoms with Crippen LogP contribution in [0.5, 0.6) is 0 Å². The molecule has 1 heterocycles. The zero-order valence-corrected chi connectivity index (χ0v) is 13.6. The Hall–Kier alpha value is -0.610. The third-order valence-corrected chi connectivity index (χ3v) is 3.93. The molecule has 0 saturated heterocycles. The molecule has 0 N–H and O–H groups in total. The standard InChI is InChI=1S/C13H18BrClN2O/c1-8(13(2,3)4)17(5)12(18)10-6-9(14)7-16-11(10)15/h6-8H,1-5H3. The quantitative estimate of drug-likeness (QED) is 0.766. The number of amides is 1. The van der Waals surface area contributed by atoms with Crippen LogP contribution >= 0.6 is 27.5 Å². The summed E-state index contributed by atoms with van der Waals surface area (Å²) < 4.78 is 0.743. The van der Waals surface area contributed by atoms with Crippen molar-refractivity contribution >= 4 is 33.4 Å². The number of carbonyl (C=O) groups excluding carboxylic acids is 1. The minimum Gasteiger partial charge on any atom is -0.338 e. The molecule has 3 nitrogen and oxygen atoms in total. The van der Waals surface area contributed by atoms with Gasteiger partial charge < -0.3 is 4.90 Å². The monoisotopic (exact) mass is 332 g/mol. The van der Waals surface area contributed by atoms with Crippen LogP contribution in [0.15, 0.2) is 16.7 Å². The van der Waals surface area contributed by atoms with Gasteiger partial charge in [0.15, 0.2) is 0 Å². The third kappa shape index (κ3) is 3.45. The van der Waals surface area contributed by atoms with Crippen molar-refractivity contribution in [1.29, 1.82) is 0 Å². The summed E-state index contributed by atoms with van der Waals surface area (Å²) in [4.78, 5) is 18.1. The molecule has 0 saturated carbocycles. The Kier molecular flexibility index (Phi) is 4.78. The van der Waals surface area contributed by atoms with Gasteiger partial charge in [-0.05, 0) is 34.3 Å². The molecule has 0 aliphatic rings. The van der Waals surface area contributed by atoms with E-state index in [1.165, 1.54) is 0 Å². The summed E-state index contributed by atoms with van der Waals surface area (Å²) in [5.74, 6) is -0.115. The summed E-state index contributed by atoms with van der Waals surface area (Å²) in [7, 11) is 1.79. The van der Waals surface area contributed by atoms with Crippen molar-refractivity contribution in [2.24, 2.45) is 5.41 Å². The van der Waals surface area contributed by atoms with Crippen molar-refractivity contribution in [3.63, 3.8) is 0 Å². The topological polar surface area (TPSA) is 33.2 Å². The number of nitrogens with zero attached hydrogens (tertiary/aromatic N) is 2. The molecule has 1 aromatic rings. The Morgan fingerprint density at radius 2 is 2.06 bits per heavy atom. The van der Waals surface area contributed by atoms with Crippen molar-refractivity contribution < 1.29 is 4.79 Å². The Morgan fingerprint density at radius 1 is 1.50 bits per heavy atom. The van der Waals surface area contributed by atoms with Gasteiger partial charge in [0.1, 0.15) is 5.15 Å². The number of halogens is 2. The van der Waals surface area contributed by atoms with E-state index in [2.05, 4.69) is 41.7 Å². The predicted molar refractivity (Wildman–Crippen MR) is 78.0 cm³/mol. The molecule has 5 heteroatoms. The lowest BCUT2D eigenvalue weighted by atomic mass is 9.87. The molecule has 0 radical (unpaired) electrons. The van der Waals surface area contributed by atoms with Crippen molar-refractivity contribution in [2.45, 2.75) is 33.7 Å². The molecule has 0 spiro atoms. The first-order valence-corrected chi connectivity index (χ1v) is 6.90. The van der Waals surface area contributed by atoms with E-state index in [-0.39, 0.29) is 22.5 Å². The van der Waals surface area contributed by atoms with Crippen molar-refractivity contribution in [1.82, 2.24) is 9.88 Å². The van der Waals surface area contributed by atoms with Gasteiger partial charge in [-0.15, -0.1) is 0 Å². The number of hydrogen-bond acceptors (Lipinski definition) is 2. The molecule has 100 valence electrons. The molecule has 1 unspecified atom stereocenters. The molecule has 1 rings (SSSR count). The van der Waals surface area contributed by atoms with E-state index in [1.807, 2.05) is 6.92 Å². The summed E-state index contributed by atoms with van der Waals surface area (Å²) in [6.45, 7) is 8.32. The van der Waals surface area contributed by atoms with E-state index in [0.717, 1.165) is 4.47 Å². The molecule has 1 amide bonds. The van der Waals surface area contributed by atoms with Crippen LogP contribution < -0.4 is 0 Å². The molecule has 0 fully saturated rings. The first-order valence-electron chi connectivity index (χ1n) is 5.72. The fourth-order valence-electron chi connectivity index (χ4n) is 1.52. The van der Waals surface area contributed by atoms with Crippen LogP contribution in [0.25, 0.3) is 0 Å². The number of hydrogen-bond donors (Lipinski definition) is 0. The lowest BCUT2D eigenvalue weighted by Gasteiger charge is -2.35. The zero-order chi connectivity index (χ0) is 14.1. The Balaban J connectivity index is 3.04. The normalized spacial score (nSPS) is 13.3. The second-order valence-electron chi connectivity index (χ2n) is 5.45. The van der Waals surface area contributed by atoms with Gasteiger partial charge in [0, 0.05) is 23.8 Å². The molecule has 0 aliphatic heterocycles. The minimum absolute atomic E-state index is 0.0102. The summed E-state index contributed by atoms with van der Waals surface area (Å²) in [6, 6.07) is 1.80. The fraction of sp³-hybridized carbons (Fsp3) is 0.538. The van der Waals surface area contributed by atoms with Gasteiger partial charge in [-0.2, -0.15) is 0 Å². The SMILES string of the molecule is CC(N(C)C(=O)c1cc(Br)cnc1Cl)C(C)(C)C. The van der Waals surface area contributed by atoms with E-state index >= 15 is 0 Å². The minimum atomic E-state index is -0.115. The van der Waals surface area contributed by atoms with Crippen LogP contribution in [0.4, 0.5) is 0 Å². The molecule has 0 aliphatic carbocycles. The van der Waals surface area contributed by atoms with Gasteiger partial charge in [-0.1, -0.05) is 32.4 Å². The number of pyridine rings is 1. The Morgan fingerprint density at radius 3 is 2.56 bits per heavy atom. The molecular formula is C13H18BrClN2O. The summed E-state index contributed by atoms with van der Waals surface area (Å²) in [6.07, 6.45) is 1.58. The van der Waals surface area contributed by atoms with Crippen LogP contribution in [-0.2, 0) is 0 Å². The van der Waals surface area contributed by atoms with Gasteiger partial charge in [-0.3, -0.25) is 4.79 Å². The predicted octanol–water partition coefficient (Wildman–Crippen LogP) is 4.00. The fourth-order valence-corrected chi connectivity index (χ4v) is 2.03. The van der Waals surface area contributed by atoms with E-state index < -0.39 is 0 Å². The smallest absolute Gasteiger partial charge is 0.257 e. The second kappa shape index (κ2) is 5.57. The highest BCUT2D eigenvalue weighted by molar-refractivity contribution is 9.10. The molecular weight excluding hydrogens is 316 g/mol. The highest BCUT2D eigenvalue weighted by Crippen LogP contribution is 2.26. The molecule has 1 atom stereocenters. The Bertz CT molecular complexity index is 457. The van der Waals surface area contributed by atoms with E-state index in [9.17, 15) is 4.79 Å². The van der Waals surface area contributed by atoms with E-state index in [0.29, 0.717) is 5.56 Å². The lowest BCUT2D eigenvalue weighted by Crippen LogP contribution is -2.43. The lowest BCUT2D eigenvalue weighted by molar-refractivity contribution is 0.0629. The second-order valence-corrected chi connectivity index (χ2v) is 6.72. The van der Waals surface area contributed by atoms with Crippen LogP contribution in [-0.4, -0.2) is 28.9 Å². The van der Waals surface area contributed by atoms with Gasteiger partial charge in [0.2, 0.25) is 0 Å². The molecule has 1 aromatic heterocycles. The van der Waals surface area contributed by atoms with E-state index in [1.54, 1.807) is 24.2 Å². The van der Waals surface area contributed by atoms with Crippen LogP contribution in [0.2, 0.25) is 5.15 Å². The van der Waals surface area contributed by atoms with Gasteiger partial charge in [0.05, 0.1) is 5.56 Å². The summed E-state index contributed by atoms with van der Waals surface area (Å²) >= 11 is 9.27. The van der Waals surface area contributed by atoms with E-state index in [4.69, 9.17) is 11.6 Å². The maximum atomic E-state index is 12.4. The van der Waals surface area contributed by atoms with Crippen LogP contribution in [0.3, 0.4) is 0 Å². The number of aromatic nitrogens is 1. The molecule has 18 heavy (non-hydrogen) atoms. The van der Waals surface area contributed by atoms with Gasteiger partial charge in [0.25, 0.3) is 5.91 Å². The first kappa shape index (κ1) is 15.4. The summed E-state index contributed by atoms with van der Waals surface area (Å²) in [5.41, 5.74) is 0.431. The third-order valence-electron chi connectivity index (χ3n) is 3.19. The average molecular weight is 334 g/mol. The average Bonchev–Trinajstić information content (AvgIpc) is 2.28. The maximum absolute atomic E-state index is 12.4. The van der Waals surface area contributed by atoms with Crippen LogP contribution in [0.1, 0.15) is 38.1 Å². The highest BCUT2D eigenvalue weighted by Gasteiger charge is 2.28. The van der Waals surface area contributed by atoms with Crippen molar-refractivity contribution in [2.75, 3.05) is 7.05 Å². The maximum Gasteiger partial charge on any atom is 0.257 e. The highest BCUT2D eigenvalue weighted by atomic mass is 79.9. The summed E-state index contributed by atoms with van der Waals surface area (Å²) in [5, 5.41) is 0.233. The number of carbonyl (C=O) groups is 1. The van der Waals surface area contributed by atoms with Crippen LogP contribution in [0, 0.1) is 5.41 Å².